The van der Waals surface area contributed by atoms with E-state index in [0.29, 0.717) is 12.0 Å². The first-order valence-electron chi connectivity index (χ1n) is 10.7. The van der Waals surface area contributed by atoms with Gasteiger partial charge in [-0.2, -0.15) is 0 Å². The van der Waals surface area contributed by atoms with E-state index in [9.17, 15) is 0 Å². The summed E-state index contributed by atoms with van der Waals surface area (Å²) >= 11 is 0. The Balaban J connectivity index is 0.00000256. The first-order chi connectivity index (χ1) is 14.2. The van der Waals surface area contributed by atoms with Gasteiger partial charge in [-0.3, -0.25) is 4.99 Å². The number of hydrogen-bond acceptors (Lipinski definition) is 6. The number of nitrogens with zero attached hydrogens (tertiary/aromatic N) is 7. The number of anilines is 1. The molecular formula is C20H32IN9. The van der Waals surface area contributed by atoms with Crippen LogP contribution in [0.15, 0.2) is 23.5 Å². The molecule has 2 aliphatic heterocycles. The molecule has 0 radical (unpaired) electrons. The second-order valence-electron chi connectivity index (χ2n) is 7.88. The first-order valence-corrected chi connectivity index (χ1v) is 10.7. The van der Waals surface area contributed by atoms with Gasteiger partial charge in [0.2, 0.25) is 5.95 Å². The molecule has 0 bridgehead atoms. The predicted octanol–water partition coefficient (Wildman–Crippen LogP) is 1.78. The fourth-order valence-corrected chi connectivity index (χ4v) is 4.14. The third-order valence-electron chi connectivity index (χ3n) is 5.68. The summed E-state index contributed by atoms with van der Waals surface area (Å²) in [5.41, 5.74) is 0. The second-order valence-corrected chi connectivity index (χ2v) is 7.88. The van der Waals surface area contributed by atoms with Crippen molar-refractivity contribution in [1.29, 1.82) is 0 Å². The van der Waals surface area contributed by atoms with Gasteiger partial charge in [-0.15, -0.1) is 34.2 Å². The van der Waals surface area contributed by atoms with Crippen LogP contribution in [0.25, 0.3) is 0 Å². The van der Waals surface area contributed by atoms with Crippen LogP contribution in [0.2, 0.25) is 0 Å². The lowest BCUT2D eigenvalue weighted by Gasteiger charge is -2.34. The van der Waals surface area contributed by atoms with Crippen molar-refractivity contribution in [3.05, 3.63) is 30.1 Å². The minimum absolute atomic E-state index is 0. The van der Waals surface area contributed by atoms with Crippen LogP contribution in [0, 0.1) is 12.8 Å². The Morgan fingerprint density at radius 2 is 2.03 bits per heavy atom. The molecule has 0 saturated carbocycles. The maximum atomic E-state index is 4.91. The standard InChI is InChI=1S/C20H31N9.HI/c1-3-21-19(24-12-16-7-8-18-27-26-15(2)29(18)13-16)25-17-6-4-11-28(14-17)20-22-9-5-10-23-20;/h5,9-10,16-17H,3-4,6-8,11-14H2,1-2H3,(H2,21,24,25);1H. The van der Waals surface area contributed by atoms with Gasteiger partial charge in [0.25, 0.3) is 0 Å². The number of guanidine groups is 1. The second kappa shape index (κ2) is 10.9. The fraction of sp³-hybridized carbons (Fsp3) is 0.650. The van der Waals surface area contributed by atoms with Crippen LogP contribution in [-0.2, 0) is 13.0 Å². The average molecular weight is 525 g/mol. The number of aromatic nitrogens is 5. The van der Waals surface area contributed by atoms with Gasteiger partial charge in [-0.05, 0) is 45.1 Å². The maximum absolute atomic E-state index is 4.91. The van der Waals surface area contributed by atoms with E-state index in [0.717, 1.165) is 82.0 Å². The Kier molecular flexibility index (Phi) is 8.23. The Bertz CT molecular complexity index is 823. The summed E-state index contributed by atoms with van der Waals surface area (Å²) in [6.07, 6.45) is 7.95. The van der Waals surface area contributed by atoms with Crippen molar-refractivity contribution in [3.8, 4) is 0 Å². The Hall–Kier alpha value is -1.98. The lowest BCUT2D eigenvalue weighted by atomic mass is 9.99. The zero-order chi connectivity index (χ0) is 20.1. The van der Waals surface area contributed by atoms with Gasteiger partial charge >= 0.3 is 0 Å². The highest BCUT2D eigenvalue weighted by molar-refractivity contribution is 14.0. The van der Waals surface area contributed by atoms with Gasteiger partial charge < -0.3 is 20.1 Å². The van der Waals surface area contributed by atoms with Crippen LogP contribution < -0.4 is 15.5 Å². The highest BCUT2D eigenvalue weighted by Crippen LogP contribution is 2.20. The molecule has 2 N–H and O–H groups in total. The molecule has 9 nitrogen and oxygen atoms in total. The number of hydrogen-bond donors (Lipinski definition) is 2. The van der Waals surface area contributed by atoms with Crippen molar-refractivity contribution in [1.82, 2.24) is 35.4 Å². The van der Waals surface area contributed by atoms with Gasteiger partial charge in [-0.1, -0.05) is 0 Å². The monoisotopic (exact) mass is 525 g/mol. The molecule has 1 saturated heterocycles. The van der Waals surface area contributed by atoms with E-state index in [-0.39, 0.29) is 24.0 Å². The predicted molar refractivity (Wildman–Crippen MR) is 128 cm³/mol. The molecule has 0 aliphatic carbocycles. The molecule has 4 heterocycles. The quantitative estimate of drug-likeness (QED) is 0.349. The molecule has 1 fully saturated rings. The lowest BCUT2D eigenvalue weighted by Crippen LogP contribution is -2.51. The Morgan fingerprint density at radius 3 is 2.83 bits per heavy atom. The molecule has 30 heavy (non-hydrogen) atoms. The number of halogens is 1. The minimum atomic E-state index is 0. The number of piperidine rings is 1. The number of rotatable bonds is 5. The molecule has 2 aromatic heterocycles. The van der Waals surface area contributed by atoms with Crippen LogP contribution in [0.4, 0.5) is 5.95 Å². The van der Waals surface area contributed by atoms with Gasteiger partial charge in [-0.25, -0.2) is 9.97 Å². The summed E-state index contributed by atoms with van der Waals surface area (Å²) in [6.45, 7) is 8.64. The smallest absolute Gasteiger partial charge is 0.225 e. The number of fused-ring (bicyclic) bond motifs is 1. The molecule has 0 spiro atoms. The van der Waals surface area contributed by atoms with Gasteiger partial charge in [0.15, 0.2) is 5.96 Å². The lowest BCUT2D eigenvalue weighted by molar-refractivity contribution is 0.369. The van der Waals surface area contributed by atoms with Gasteiger partial charge in [0.05, 0.1) is 0 Å². The minimum Gasteiger partial charge on any atom is -0.357 e. The van der Waals surface area contributed by atoms with E-state index in [1.165, 1.54) is 0 Å². The molecule has 2 aliphatic rings. The fourth-order valence-electron chi connectivity index (χ4n) is 4.14. The van der Waals surface area contributed by atoms with Crippen molar-refractivity contribution in [3.63, 3.8) is 0 Å². The zero-order valence-corrected chi connectivity index (χ0v) is 20.1. The van der Waals surface area contributed by atoms with Gasteiger partial charge in [0, 0.05) is 57.6 Å². The van der Waals surface area contributed by atoms with Crippen LogP contribution in [0.3, 0.4) is 0 Å². The topological polar surface area (TPSA) is 96.1 Å². The first kappa shape index (κ1) is 22.7. The Morgan fingerprint density at radius 1 is 1.20 bits per heavy atom. The van der Waals surface area contributed by atoms with Crippen molar-refractivity contribution < 1.29 is 0 Å². The molecule has 4 rings (SSSR count). The van der Waals surface area contributed by atoms with Crippen molar-refractivity contribution >= 4 is 35.9 Å². The van der Waals surface area contributed by atoms with Crippen LogP contribution in [-0.4, -0.2) is 62.9 Å². The third-order valence-corrected chi connectivity index (χ3v) is 5.68. The summed E-state index contributed by atoms with van der Waals surface area (Å²) < 4.78 is 2.24. The molecule has 164 valence electrons. The molecule has 2 atom stereocenters. The SMILES string of the molecule is CCNC(=NCC1CCc2nnc(C)n2C1)NC1CCCN(c2ncccn2)C1.I. The number of aliphatic imine (C=N–C) groups is 1. The Labute approximate surface area is 195 Å². The van der Waals surface area contributed by atoms with E-state index in [2.05, 4.69) is 47.2 Å². The van der Waals surface area contributed by atoms with Gasteiger partial charge in [0.1, 0.15) is 11.6 Å². The van der Waals surface area contributed by atoms with E-state index in [1.54, 1.807) is 12.4 Å². The summed E-state index contributed by atoms with van der Waals surface area (Å²) in [6, 6.07) is 2.19. The van der Waals surface area contributed by atoms with E-state index in [1.807, 2.05) is 13.0 Å². The number of nitrogens with one attached hydrogen (secondary N) is 2. The molecule has 2 aromatic rings. The van der Waals surface area contributed by atoms with E-state index < -0.39 is 0 Å². The highest BCUT2D eigenvalue weighted by atomic mass is 127. The van der Waals surface area contributed by atoms with Crippen molar-refractivity contribution in [2.24, 2.45) is 10.9 Å². The molecule has 10 heteroatoms. The number of aryl methyl sites for hydroxylation is 2. The highest BCUT2D eigenvalue weighted by Gasteiger charge is 2.24. The normalized spacial score (nSPS) is 21.5. The van der Waals surface area contributed by atoms with E-state index in [4.69, 9.17) is 4.99 Å². The largest absolute Gasteiger partial charge is 0.357 e. The summed E-state index contributed by atoms with van der Waals surface area (Å²) in [7, 11) is 0. The third kappa shape index (κ3) is 5.58. The van der Waals surface area contributed by atoms with E-state index >= 15 is 0 Å². The zero-order valence-electron chi connectivity index (χ0n) is 17.8. The van der Waals surface area contributed by atoms with Crippen molar-refractivity contribution in [2.75, 3.05) is 31.1 Å². The molecule has 2 unspecified atom stereocenters. The molecule has 0 aromatic carbocycles. The molecule has 0 amide bonds. The summed E-state index contributed by atoms with van der Waals surface area (Å²) in [4.78, 5) is 16.0. The summed E-state index contributed by atoms with van der Waals surface area (Å²) in [5, 5.41) is 15.5. The summed E-state index contributed by atoms with van der Waals surface area (Å²) in [5.74, 6) is 4.35. The van der Waals surface area contributed by atoms with Crippen LogP contribution in [0.5, 0.6) is 0 Å². The van der Waals surface area contributed by atoms with Crippen LogP contribution >= 0.6 is 24.0 Å². The molecular weight excluding hydrogens is 493 g/mol. The average Bonchev–Trinajstić information content (AvgIpc) is 3.13. The van der Waals surface area contributed by atoms with Crippen molar-refractivity contribution in [2.45, 2.75) is 52.1 Å². The van der Waals surface area contributed by atoms with Crippen LogP contribution in [0.1, 0.15) is 37.8 Å². The maximum Gasteiger partial charge on any atom is 0.225 e.